The van der Waals surface area contributed by atoms with Crippen LogP contribution in [-0.2, 0) is 36.5 Å². The number of hydrogen-bond donors (Lipinski definition) is 0. The summed E-state index contributed by atoms with van der Waals surface area (Å²) in [5.41, 5.74) is 1.05. The lowest BCUT2D eigenvalue weighted by molar-refractivity contribution is -0.228. The van der Waals surface area contributed by atoms with Gasteiger partial charge in [-0.1, -0.05) is 30.3 Å². The standard InChI is InChI=1S/C19H27NO5S/c1-18(2,3)26(21)20-11-14-15-16(25-19(4,5)24-15)17(23-14)22-12-13-9-7-6-8-10-13/h6-11,14-17H,12H2,1-5H3/b20-11+/t14-,15+,16+,17+,26?/m0/s1. The molecule has 0 aliphatic carbocycles. The third-order valence-electron chi connectivity index (χ3n) is 4.13. The van der Waals surface area contributed by atoms with E-state index in [1.165, 1.54) is 0 Å². The van der Waals surface area contributed by atoms with Crippen LogP contribution in [0.3, 0.4) is 0 Å². The Hall–Kier alpha value is -1.12. The molecule has 1 aromatic rings. The Morgan fingerprint density at radius 2 is 1.85 bits per heavy atom. The number of fused-ring (bicyclic) bond motifs is 1. The normalized spacial score (nSPS) is 32.0. The lowest BCUT2D eigenvalue weighted by Crippen LogP contribution is -2.31. The minimum Gasteiger partial charge on any atom is -0.345 e. The molecule has 1 aromatic carbocycles. The van der Waals surface area contributed by atoms with E-state index in [9.17, 15) is 4.21 Å². The first-order chi connectivity index (χ1) is 12.2. The quantitative estimate of drug-likeness (QED) is 0.734. The van der Waals surface area contributed by atoms with Crippen LogP contribution >= 0.6 is 0 Å². The number of rotatable bonds is 5. The van der Waals surface area contributed by atoms with Crippen LogP contribution < -0.4 is 0 Å². The lowest BCUT2D eigenvalue weighted by atomic mass is 10.1. The smallest absolute Gasteiger partial charge is 0.187 e. The van der Waals surface area contributed by atoms with Crippen LogP contribution in [0.5, 0.6) is 0 Å². The average molecular weight is 381 g/mol. The summed E-state index contributed by atoms with van der Waals surface area (Å²) >= 11 is 0. The number of hydrogen-bond acceptors (Lipinski definition) is 5. The fourth-order valence-electron chi connectivity index (χ4n) is 2.87. The van der Waals surface area contributed by atoms with Gasteiger partial charge in [-0.3, -0.25) is 0 Å². The van der Waals surface area contributed by atoms with Crippen molar-refractivity contribution in [3.05, 3.63) is 35.9 Å². The first-order valence-electron chi connectivity index (χ1n) is 8.78. The number of nitrogens with zero attached hydrogens (tertiary/aromatic N) is 1. The molecule has 0 N–H and O–H groups in total. The van der Waals surface area contributed by atoms with Crippen molar-refractivity contribution in [1.82, 2.24) is 0 Å². The summed E-state index contributed by atoms with van der Waals surface area (Å²) in [5.74, 6) is -0.720. The van der Waals surface area contributed by atoms with E-state index in [1.807, 2.05) is 65.0 Å². The van der Waals surface area contributed by atoms with Crippen LogP contribution in [0.15, 0.2) is 34.7 Å². The van der Waals surface area contributed by atoms with Crippen LogP contribution in [0.25, 0.3) is 0 Å². The maximum absolute atomic E-state index is 12.2. The Bertz CT molecular complexity index is 670. The lowest BCUT2D eigenvalue weighted by Gasteiger charge is -2.23. The highest BCUT2D eigenvalue weighted by Gasteiger charge is 2.55. The van der Waals surface area contributed by atoms with E-state index in [4.69, 9.17) is 18.9 Å². The molecule has 144 valence electrons. The highest BCUT2D eigenvalue weighted by Crippen LogP contribution is 2.39. The Labute approximate surface area is 157 Å². The molecule has 2 fully saturated rings. The molecule has 0 aromatic heterocycles. The van der Waals surface area contributed by atoms with Crippen molar-refractivity contribution >= 4 is 17.2 Å². The minimum absolute atomic E-state index is 0.341. The van der Waals surface area contributed by atoms with Crippen LogP contribution in [0, 0.1) is 0 Å². The zero-order valence-corrected chi connectivity index (χ0v) is 16.7. The monoisotopic (exact) mass is 381 g/mol. The van der Waals surface area contributed by atoms with Gasteiger partial charge in [0, 0.05) is 6.21 Å². The maximum Gasteiger partial charge on any atom is 0.187 e. The average Bonchev–Trinajstić information content (AvgIpc) is 3.04. The van der Waals surface area contributed by atoms with Crippen molar-refractivity contribution in [1.29, 1.82) is 0 Å². The molecule has 0 saturated carbocycles. The molecular formula is C19H27NO5S. The van der Waals surface area contributed by atoms with Crippen LogP contribution in [-0.4, -0.2) is 45.6 Å². The van der Waals surface area contributed by atoms with E-state index in [1.54, 1.807) is 6.21 Å². The summed E-state index contributed by atoms with van der Waals surface area (Å²) in [6.07, 6.45) is -0.162. The first kappa shape index (κ1) is 19.6. The molecule has 2 saturated heterocycles. The van der Waals surface area contributed by atoms with Gasteiger partial charge in [0.1, 0.15) is 29.3 Å². The van der Waals surface area contributed by atoms with Crippen LogP contribution in [0.2, 0.25) is 0 Å². The summed E-state index contributed by atoms with van der Waals surface area (Å²) in [5, 5.41) is 0. The van der Waals surface area contributed by atoms with E-state index < -0.39 is 33.9 Å². The molecular weight excluding hydrogens is 354 g/mol. The van der Waals surface area contributed by atoms with Gasteiger partial charge in [-0.15, -0.1) is 0 Å². The summed E-state index contributed by atoms with van der Waals surface area (Å²) in [6.45, 7) is 9.77. The molecule has 0 radical (unpaired) electrons. The summed E-state index contributed by atoms with van der Waals surface area (Å²) in [6, 6.07) is 9.88. The molecule has 26 heavy (non-hydrogen) atoms. The fraction of sp³-hybridized carbons (Fsp3) is 0.632. The van der Waals surface area contributed by atoms with Gasteiger partial charge in [-0.25, -0.2) is 4.21 Å². The third-order valence-corrected chi connectivity index (χ3v) is 5.49. The fourth-order valence-corrected chi connectivity index (χ4v) is 3.42. The molecule has 0 bridgehead atoms. The maximum atomic E-state index is 12.2. The van der Waals surface area contributed by atoms with E-state index in [0.717, 1.165) is 5.56 Å². The predicted octanol–water partition coefficient (Wildman–Crippen LogP) is 2.98. The van der Waals surface area contributed by atoms with Gasteiger partial charge in [0.05, 0.1) is 11.4 Å². The van der Waals surface area contributed by atoms with Crippen molar-refractivity contribution in [3.63, 3.8) is 0 Å². The van der Waals surface area contributed by atoms with Crippen molar-refractivity contribution in [2.75, 3.05) is 0 Å². The predicted molar refractivity (Wildman–Crippen MR) is 100 cm³/mol. The van der Waals surface area contributed by atoms with Crippen molar-refractivity contribution in [2.45, 2.75) is 76.4 Å². The summed E-state index contributed by atoms with van der Waals surface area (Å²) in [4.78, 5) is 0. The molecule has 6 nitrogen and oxygen atoms in total. The molecule has 0 amide bonds. The summed E-state index contributed by atoms with van der Waals surface area (Å²) < 4.78 is 39.8. The van der Waals surface area contributed by atoms with Crippen molar-refractivity contribution < 1.29 is 23.2 Å². The second kappa shape index (κ2) is 7.48. The molecule has 7 heteroatoms. The zero-order chi connectivity index (χ0) is 18.9. The van der Waals surface area contributed by atoms with Gasteiger partial charge in [0.25, 0.3) is 0 Å². The van der Waals surface area contributed by atoms with Gasteiger partial charge in [0.15, 0.2) is 12.1 Å². The van der Waals surface area contributed by atoms with E-state index in [-0.39, 0.29) is 12.2 Å². The first-order valence-corrected chi connectivity index (χ1v) is 9.89. The van der Waals surface area contributed by atoms with E-state index >= 15 is 0 Å². The molecule has 2 heterocycles. The van der Waals surface area contributed by atoms with Gasteiger partial charge >= 0.3 is 0 Å². The van der Waals surface area contributed by atoms with Crippen molar-refractivity contribution in [3.8, 4) is 0 Å². The van der Waals surface area contributed by atoms with Crippen LogP contribution in [0.1, 0.15) is 40.2 Å². The number of ether oxygens (including phenoxy) is 4. The Kier molecular flexibility index (Phi) is 5.65. The highest BCUT2D eigenvalue weighted by molar-refractivity contribution is 7.85. The Balaban J connectivity index is 1.69. The van der Waals surface area contributed by atoms with E-state index in [0.29, 0.717) is 6.61 Å². The highest BCUT2D eigenvalue weighted by atomic mass is 32.2. The molecule has 1 unspecified atom stereocenters. The second-order valence-electron chi connectivity index (χ2n) is 7.95. The molecule has 2 aliphatic heterocycles. The van der Waals surface area contributed by atoms with Crippen molar-refractivity contribution in [2.24, 2.45) is 4.40 Å². The Morgan fingerprint density at radius 1 is 1.19 bits per heavy atom. The topological polar surface area (TPSA) is 66.3 Å². The summed E-state index contributed by atoms with van der Waals surface area (Å²) in [7, 11) is -1.35. The van der Waals surface area contributed by atoms with E-state index in [2.05, 4.69) is 4.40 Å². The SMILES string of the molecule is CC1(C)O[C@H]2[C@H](OCc3ccccc3)O[C@@H](/C=N/S(=O)C(C)(C)C)[C@H]2O1. The van der Waals surface area contributed by atoms with Gasteiger partial charge in [0.2, 0.25) is 0 Å². The molecule has 3 rings (SSSR count). The van der Waals surface area contributed by atoms with Gasteiger partial charge in [-0.05, 0) is 40.2 Å². The second-order valence-corrected chi connectivity index (χ2v) is 9.88. The Morgan fingerprint density at radius 3 is 2.50 bits per heavy atom. The molecule has 2 aliphatic rings. The van der Waals surface area contributed by atoms with Gasteiger partial charge in [-0.2, -0.15) is 4.40 Å². The van der Waals surface area contributed by atoms with Crippen LogP contribution in [0.4, 0.5) is 0 Å². The molecule has 5 atom stereocenters. The largest absolute Gasteiger partial charge is 0.345 e. The minimum atomic E-state index is -1.35. The zero-order valence-electron chi connectivity index (χ0n) is 15.9. The molecule has 0 spiro atoms. The number of benzene rings is 1. The third kappa shape index (κ3) is 4.58. The van der Waals surface area contributed by atoms with Gasteiger partial charge < -0.3 is 18.9 Å².